The van der Waals surface area contributed by atoms with Crippen LogP contribution in [-0.2, 0) is 18.9 Å². The topological polar surface area (TPSA) is 197 Å². The largest absolute Gasteiger partial charge is 0.600 e. The van der Waals surface area contributed by atoms with Crippen LogP contribution in [0.3, 0.4) is 0 Å². The highest BCUT2D eigenvalue weighted by atomic mass is 16.7. The number of hydrogen-bond acceptors (Lipinski definition) is 12. The first-order chi connectivity index (χ1) is 12.2. The smallest absolute Gasteiger partial charge is 0.203 e. The first-order valence-electron chi connectivity index (χ1n) is 7.89. The van der Waals surface area contributed by atoms with Gasteiger partial charge in [0.05, 0.1) is 13.2 Å². The molecule has 152 valence electrons. The number of hydroxylamine groups is 1. The first kappa shape index (κ1) is 21.3. The second-order valence-corrected chi connectivity index (χ2v) is 6.00. The highest BCUT2D eigenvalue weighted by Gasteiger charge is 2.45. The van der Waals surface area contributed by atoms with Crippen LogP contribution in [0.25, 0.3) is 0 Å². The second kappa shape index (κ2) is 9.27. The lowest BCUT2D eigenvalue weighted by Gasteiger charge is -2.41. The van der Waals surface area contributed by atoms with Crippen LogP contribution in [0, 0.1) is 5.21 Å². The maximum atomic E-state index is 10.7. The monoisotopic (exact) mass is 384 g/mol. The lowest BCUT2D eigenvalue weighted by molar-refractivity contribution is -0.505. The predicted octanol–water partition coefficient (Wildman–Crippen LogP) is -4.18. The van der Waals surface area contributed by atoms with Gasteiger partial charge in [-0.3, -0.25) is 0 Å². The highest BCUT2D eigenvalue weighted by Crippen LogP contribution is 2.24. The Hall–Kier alpha value is -1.00. The van der Waals surface area contributed by atoms with Crippen LogP contribution in [0.5, 0.6) is 0 Å². The van der Waals surface area contributed by atoms with E-state index >= 15 is 0 Å². The zero-order valence-electron chi connectivity index (χ0n) is 13.9. The summed E-state index contributed by atoms with van der Waals surface area (Å²) in [6.45, 7) is -1.12. The molecule has 0 bridgehead atoms. The first-order valence-corrected chi connectivity index (χ1v) is 7.89. The Labute approximate surface area is 148 Å². The number of hydrogen-bond donors (Lipinski definition) is 6. The number of nitrogens with zero attached hydrogens (tertiary/aromatic N) is 2. The molecule has 0 aromatic heterocycles. The molecule has 0 aromatic carbocycles. The molecule has 2 heterocycles. The molecule has 0 amide bonds. The molecule has 0 aromatic rings. The minimum atomic E-state index is -1.63. The molecule has 0 aliphatic carbocycles. The lowest BCUT2D eigenvalue weighted by Crippen LogP contribution is -2.60. The van der Waals surface area contributed by atoms with Crippen molar-refractivity contribution in [3.05, 3.63) is 5.21 Å². The van der Waals surface area contributed by atoms with Crippen LogP contribution in [0.15, 0.2) is 5.11 Å². The lowest BCUT2D eigenvalue weighted by atomic mass is 9.99. The van der Waals surface area contributed by atoms with Crippen LogP contribution < -0.4 is 0 Å². The van der Waals surface area contributed by atoms with Crippen molar-refractivity contribution in [3.63, 3.8) is 0 Å². The van der Waals surface area contributed by atoms with Gasteiger partial charge in [-0.1, -0.05) is 4.86 Å². The van der Waals surface area contributed by atoms with Crippen molar-refractivity contribution < 1.29 is 54.4 Å². The number of azo groups is 1. The molecule has 2 aliphatic heterocycles. The van der Waals surface area contributed by atoms with Gasteiger partial charge in [-0.05, 0) is 5.11 Å². The fourth-order valence-corrected chi connectivity index (χ4v) is 2.50. The van der Waals surface area contributed by atoms with E-state index in [9.17, 15) is 35.8 Å². The summed E-state index contributed by atoms with van der Waals surface area (Å²) in [5.41, 5.74) is 0. The molecule has 13 nitrogen and oxygen atoms in total. The fraction of sp³-hybridized carbons (Fsp3) is 1.00. The summed E-state index contributed by atoms with van der Waals surface area (Å²) in [6.07, 6.45) is -12.9. The van der Waals surface area contributed by atoms with Crippen LogP contribution in [0.4, 0.5) is 0 Å². The number of aliphatic hydroxyl groups excluding tert-OH is 6. The van der Waals surface area contributed by atoms with Gasteiger partial charge in [0.15, 0.2) is 19.6 Å². The van der Waals surface area contributed by atoms with Gasteiger partial charge >= 0.3 is 0 Å². The molecule has 2 saturated heterocycles. The summed E-state index contributed by atoms with van der Waals surface area (Å²) in [4.78, 5) is 0.239. The van der Waals surface area contributed by atoms with Crippen molar-refractivity contribution in [2.75, 3.05) is 27.0 Å². The molecule has 9 unspecified atom stereocenters. The minimum absolute atomic E-state index is 0.239. The quantitative estimate of drug-likeness (QED) is 0.148. The highest BCUT2D eigenvalue weighted by molar-refractivity contribution is 4.90. The van der Waals surface area contributed by atoms with Crippen molar-refractivity contribution in [3.8, 4) is 0 Å². The van der Waals surface area contributed by atoms with Gasteiger partial charge in [0.25, 0.3) is 0 Å². The summed E-state index contributed by atoms with van der Waals surface area (Å²) in [5, 5.41) is 72.5. The van der Waals surface area contributed by atoms with E-state index in [1.54, 1.807) is 0 Å². The molecule has 6 N–H and O–H groups in total. The zero-order chi connectivity index (χ0) is 19.4. The summed E-state index contributed by atoms with van der Waals surface area (Å²) in [7, 11) is 1.12. The summed E-state index contributed by atoms with van der Waals surface area (Å²) in [6, 6.07) is 0. The van der Waals surface area contributed by atoms with Gasteiger partial charge in [-0.25, -0.2) is 0 Å². The van der Waals surface area contributed by atoms with Gasteiger partial charge in [0.2, 0.25) is 6.73 Å². The Morgan fingerprint density at radius 1 is 0.962 bits per heavy atom. The maximum absolute atomic E-state index is 10.7. The zero-order valence-corrected chi connectivity index (χ0v) is 13.9. The van der Waals surface area contributed by atoms with E-state index in [0.29, 0.717) is 0 Å². The number of rotatable bonds is 6. The van der Waals surface area contributed by atoms with Crippen LogP contribution in [-0.4, -0.2) is 118 Å². The molecule has 0 spiro atoms. The van der Waals surface area contributed by atoms with E-state index < -0.39 is 68.6 Å². The summed E-state index contributed by atoms with van der Waals surface area (Å²) < 4.78 is 20.6. The SMILES string of the molecule is C[N+]([O-])=NCOC1OC(COC2OCC(O)C(O)C2O)C(O)C(O)C1O. The van der Waals surface area contributed by atoms with E-state index in [-0.39, 0.29) is 11.5 Å². The maximum Gasteiger partial charge on any atom is 0.203 e. The number of ether oxygens (including phenoxy) is 4. The van der Waals surface area contributed by atoms with E-state index in [0.717, 1.165) is 7.05 Å². The molecule has 2 rings (SSSR count). The van der Waals surface area contributed by atoms with E-state index in [1.165, 1.54) is 0 Å². The Balaban J connectivity index is 1.91. The van der Waals surface area contributed by atoms with Gasteiger partial charge in [-0.15, -0.1) is 0 Å². The molecular weight excluding hydrogens is 360 g/mol. The van der Waals surface area contributed by atoms with E-state index in [4.69, 9.17) is 18.9 Å². The van der Waals surface area contributed by atoms with Crippen LogP contribution >= 0.6 is 0 Å². The standard InChI is InChI=1S/C13H24N2O11/c1-15(22)14-4-25-13-11(21)9(19)8(18)6(26-13)3-24-12-10(20)7(17)5(16)2-23-12/h5-13,16-21H,2-4H2,1H3. The predicted molar refractivity (Wildman–Crippen MR) is 78.3 cm³/mol. The Kier molecular flexibility index (Phi) is 7.60. The second-order valence-electron chi connectivity index (χ2n) is 6.00. The molecule has 9 atom stereocenters. The van der Waals surface area contributed by atoms with Gasteiger partial charge in [0, 0.05) is 0 Å². The third-order valence-electron chi connectivity index (χ3n) is 4.04. The van der Waals surface area contributed by atoms with Gasteiger partial charge in [0.1, 0.15) is 42.7 Å². The third kappa shape index (κ3) is 5.04. The molecule has 0 saturated carbocycles. The van der Waals surface area contributed by atoms with Crippen LogP contribution in [0.1, 0.15) is 0 Å². The van der Waals surface area contributed by atoms with Crippen molar-refractivity contribution in [2.24, 2.45) is 5.11 Å². The fourth-order valence-electron chi connectivity index (χ4n) is 2.50. The molecule has 0 radical (unpaired) electrons. The molecule has 26 heavy (non-hydrogen) atoms. The summed E-state index contributed by atoms with van der Waals surface area (Å²) >= 11 is 0. The van der Waals surface area contributed by atoms with Crippen LogP contribution in [0.2, 0.25) is 0 Å². The average molecular weight is 384 g/mol. The van der Waals surface area contributed by atoms with Crippen molar-refractivity contribution in [1.29, 1.82) is 0 Å². The normalized spacial score (nSPS) is 44.9. The Morgan fingerprint density at radius 2 is 1.62 bits per heavy atom. The Morgan fingerprint density at radius 3 is 2.27 bits per heavy atom. The molecule has 2 aliphatic rings. The van der Waals surface area contributed by atoms with Crippen molar-refractivity contribution >= 4 is 0 Å². The molecular formula is C13H24N2O11. The average Bonchev–Trinajstić information content (AvgIpc) is 2.60. The van der Waals surface area contributed by atoms with Crippen molar-refractivity contribution in [1.82, 2.24) is 0 Å². The van der Waals surface area contributed by atoms with Crippen molar-refractivity contribution in [2.45, 2.75) is 55.3 Å². The summed E-state index contributed by atoms with van der Waals surface area (Å²) in [5.74, 6) is 0. The van der Waals surface area contributed by atoms with E-state index in [1.807, 2.05) is 0 Å². The third-order valence-corrected chi connectivity index (χ3v) is 4.04. The minimum Gasteiger partial charge on any atom is -0.600 e. The molecule has 2 fully saturated rings. The number of aliphatic hydroxyl groups is 6. The molecule has 13 heteroatoms. The van der Waals surface area contributed by atoms with Gasteiger partial charge < -0.3 is 54.8 Å². The Bertz CT molecular complexity index is 477. The van der Waals surface area contributed by atoms with Gasteiger partial charge in [-0.2, -0.15) is 0 Å². The van der Waals surface area contributed by atoms with E-state index in [2.05, 4.69) is 5.11 Å².